The van der Waals surface area contributed by atoms with E-state index in [1.807, 2.05) is 13.0 Å². The van der Waals surface area contributed by atoms with Crippen LogP contribution < -0.4 is 19.9 Å². The molecule has 1 heterocycles. The molecule has 1 atom stereocenters. The Bertz CT molecular complexity index is 1100. The van der Waals surface area contributed by atoms with Crippen LogP contribution in [-0.2, 0) is 19.1 Å². The number of hydrazine groups is 1. The molecule has 0 unspecified atom stereocenters. The molecule has 9 nitrogen and oxygen atoms in total. The number of aliphatic hydroxyl groups excluding tert-OH is 1. The van der Waals surface area contributed by atoms with Gasteiger partial charge in [-0.2, -0.15) is 0 Å². The Kier molecular flexibility index (Phi) is 8.86. The molecule has 0 radical (unpaired) electrons. The zero-order valence-corrected chi connectivity index (χ0v) is 20.1. The summed E-state index contributed by atoms with van der Waals surface area (Å²) in [5.74, 6) is -0.656. The molecule has 0 saturated carbocycles. The van der Waals surface area contributed by atoms with Crippen molar-refractivity contribution < 1.29 is 33.7 Å². The molecule has 0 aromatic heterocycles. The van der Waals surface area contributed by atoms with Crippen molar-refractivity contribution >= 4 is 29.5 Å². The van der Waals surface area contributed by atoms with Gasteiger partial charge in [-0.3, -0.25) is 19.8 Å². The first-order valence-corrected chi connectivity index (χ1v) is 11.5. The highest BCUT2D eigenvalue weighted by Crippen LogP contribution is 2.34. The van der Waals surface area contributed by atoms with E-state index >= 15 is 0 Å². The minimum atomic E-state index is -1.10. The number of hydrogen-bond donors (Lipinski definition) is 2. The van der Waals surface area contributed by atoms with Crippen LogP contribution in [0.25, 0.3) is 6.08 Å². The van der Waals surface area contributed by atoms with Gasteiger partial charge in [0.15, 0.2) is 0 Å². The lowest BCUT2D eigenvalue weighted by Crippen LogP contribution is -2.35. The number of esters is 1. The van der Waals surface area contributed by atoms with Gasteiger partial charge in [-0.1, -0.05) is 25.1 Å². The van der Waals surface area contributed by atoms with Crippen molar-refractivity contribution in [1.82, 2.24) is 5.43 Å². The summed E-state index contributed by atoms with van der Waals surface area (Å²) in [5, 5.41) is 11.4. The van der Waals surface area contributed by atoms with Gasteiger partial charge >= 0.3 is 5.97 Å². The number of rotatable bonds is 11. The van der Waals surface area contributed by atoms with Gasteiger partial charge in [-0.15, -0.1) is 0 Å². The van der Waals surface area contributed by atoms with E-state index in [0.717, 1.165) is 6.42 Å². The zero-order chi connectivity index (χ0) is 25.4. The number of benzene rings is 2. The van der Waals surface area contributed by atoms with Gasteiger partial charge in [0.25, 0.3) is 11.8 Å². The van der Waals surface area contributed by atoms with Gasteiger partial charge in [-0.25, -0.2) is 5.01 Å². The molecule has 186 valence electrons. The summed E-state index contributed by atoms with van der Waals surface area (Å²) in [4.78, 5) is 37.3. The van der Waals surface area contributed by atoms with Gasteiger partial charge < -0.3 is 19.3 Å². The fourth-order valence-corrected chi connectivity index (χ4v) is 3.49. The maximum Gasteiger partial charge on any atom is 0.308 e. The minimum Gasteiger partial charge on any atom is -0.493 e. The predicted octanol–water partition coefficient (Wildman–Crippen LogP) is 2.94. The number of carbonyl (C=O) groups is 3. The van der Waals surface area contributed by atoms with Gasteiger partial charge in [0.05, 0.1) is 31.4 Å². The lowest BCUT2D eigenvalue weighted by atomic mass is 10.0. The smallest absolute Gasteiger partial charge is 0.308 e. The third-order valence-electron chi connectivity index (χ3n) is 5.18. The molecule has 0 aliphatic carbocycles. The molecular formula is C26H30N2O7. The summed E-state index contributed by atoms with van der Waals surface area (Å²) in [7, 11) is 0. The normalized spacial score (nSPS) is 15.2. The molecule has 9 heteroatoms. The van der Waals surface area contributed by atoms with Crippen LogP contribution in [0.1, 0.15) is 37.8 Å². The SMILES string of the molecule is CCCOc1ccc(C=C2C(=O)NN(c3ccccc3)C2=O)c(OC[C@H](O)CC(=O)OCC)c1C. The number of hydrogen-bond acceptors (Lipinski definition) is 7. The van der Waals surface area contributed by atoms with Crippen LogP contribution in [0, 0.1) is 6.92 Å². The number of para-hydroxylation sites is 1. The number of nitrogens with zero attached hydrogens (tertiary/aromatic N) is 1. The van der Waals surface area contributed by atoms with E-state index < -0.39 is 23.9 Å². The molecule has 2 N–H and O–H groups in total. The van der Waals surface area contributed by atoms with Crippen molar-refractivity contribution in [3.63, 3.8) is 0 Å². The van der Waals surface area contributed by atoms with Crippen molar-refractivity contribution in [3.05, 3.63) is 59.2 Å². The summed E-state index contributed by atoms with van der Waals surface area (Å²) >= 11 is 0. The zero-order valence-electron chi connectivity index (χ0n) is 20.1. The lowest BCUT2D eigenvalue weighted by molar-refractivity contribution is -0.145. The molecule has 1 saturated heterocycles. The average Bonchev–Trinajstić information content (AvgIpc) is 3.12. The topological polar surface area (TPSA) is 114 Å². The standard InChI is InChI=1S/C26H30N2O7/c1-4-13-34-22-12-11-18(24(17(22)3)35-16-20(29)15-23(30)33-5-2)14-21-25(31)27-28(26(21)32)19-9-7-6-8-10-19/h6-12,14,20,29H,4-5,13,15-16H2,1-3H3,(H,27,31)/t20-/m1/s1. The third-order valence-corrected chi connectivity index (χ3v) is 5.18. The molecule has 1 aliphatic heterocycles. The number of aliphatic hydroxyl groups is 1. The molecule has 2 aromatic carbocycles. The quantitative estimate of drug-likeness (QED) is 0.288. The summed E-state index contributed by atoms with van der Waals surface area (Å²) in [6.45, 7) is 5.98. The lowest BCUT2D eigenvalue weighted by Gasteiger charge is -2.18. The van der Waals surface area contributed by atoms with Crippen molar-refractivity contribution in [2.24, 2.45) is 0 Å². The summed E-state index contributed by atoms with van der Waals surface area (Å²) < 4.78 is 16.5. The van der Waals surface area contributed by atoms with Crippen molar-refractivity contribution in [2.75, 3.05) is 24.8 Å². The molecule has 3 rings (SSSR count). The largest absolute Gasteiger partial charge is 0.493 e. The fourth-order valence-electron chi connectivity index (χ4n) is 3.49. The number of amides is 2. The highest BCUT2D eigenvalue weighted by atomic mass is 16.5. The Balaban J connectivity index is 1.89. The second-order valence-corrected chi connectivity index (χ2v) is 7.90. The van der Waals surface area contributed by atoms with E-state index in [4.69, 9.17) is 14.2 Å². The number of anilines is 1. The fraction of sp³-hybridized carbons (Fsp3) is 0.346. The van der Waals surface area contributed by atoms with Gasteiger partial charge in [0, 0.05) is 11.1 Å². The van der Waals surface area contributed by atoms with Crippen LogP contribution in [-0.4, -0.2) is 48.8 Å². The third kappa shape index (κ3) is 6.39. The molecule has 0 bridgehead atoms. The van der Waals surface area contributed by atoms with Crippen molar-refractivity contribution in [2.45, 2.75) is 39.7 Å². The minimum absolute atomic E-state index is 0.0626. The Labute approximate surface area is 204 Å². The molecular weight excluding hydrogens is 452 g/mol. The molecule has 0 spiro atoms. The Hall–Kier alpha value is -3.85. The summed E-state index contributed by atoms with van der Waals surface area (Å²) in [6.07, 6.45) is 0.940. The van der Waals surface area contributed by atoms with E-state index in [1.54, 1.807) is 50.2 Å². The van der Waals surface area contributed by atoms with Crippen LogP contribution >= 0.6 is 0 Å². The van der Waals surface area contributed by atoms with Crippen LogP contribution in [0.3, 0.4) is 0 Å². The molecule has 1 aliphatic rings. The Morgan fingerprint density at radius 3 is 2.54 bits per heavy atom. The number of ether oxygens (including phenoxy) is 3. The maximum atomic E-state index is 13.0. The van der Waals surface area contributed by atoms with Crippen molar-refractivity contribution in [1.29, 1.82) is 0 Å². The predicted molar refractivity (Wildman–Crippen MR) is 130 cm³/mol. The monoisotopic (exact) mass is 482 g/mol. The van der Waals surface area contributed by atoms with Gasteiger partial charge in [0.2, 0.25) is 0 Å². The molecule has 35 heavy (non-hydrogen) atoms. The van der Waals surface area contributed by atoms with Crippen LogP contribution in [0.15, 0.2) is 48.0 Å². The van der Waals surface area contributed by atoms with E-state index in [9.17, 15) is 19.5 Å². The molecule has 2 amide bonds. The summed E-state index contributed by atoms with van der Waals surface area (Å²) in [5.41, 5.74) is 4.14. The maximum absolute atomic E-state index is 13.0. The van der Waals surface area contributed by atoms with E-state index in [0.29, 0.717) is 34.9 Å². The highest BCUT2D eigenvalue weighted by Gasteiger charge is 2.34. The van der Waals surface area contributed by atoms with E-state index in [2.05, 4.69) is 5.43 Å². The molecule has 2 aromatic rings. The van der Waals surface area contributed by atoms with E-state index in [1.165, 1.54) is 11.1 Å². The first kappa shape index (κ1) is 25.8. The number of carbonyl (C=O) groups excluding carboxylic acids is 3. The first-order valence-electron chi connectivity index (χ1n) is 11.5. The second-order valence-electron chi connectivity index (χ2n) is 7.90. The van der Waals surface area contributed by atoms with Gasteiger partial charge in [0.1, 0.15) is 23.7 Å². The van der Waals surface area contributed by atoms with Crippen LogP contribution in [0.5, 0.6) is 11.5 Å². The van der Waals surface area contributed by atoms with Crippen LogP contribution in [0.4, 0.5) is 5.69 Å². The summed E-state index contributed by atoms with van der Waals surface area (Å²) in [6, 6.07) is 12.2. The Morgan fingerprint density at radius 1 is 1.11 bits per heavy atom. The highest BCUT2D eigenvalue weighted by molar-refractivity contribution is 6.31. The average molecular weight is 483 g/mol. The second kappa shape index (κ2) is 12.0. The Morgan fingerprint density at radius 2 is 1.86 bits per heavy atom. The van der Waals surface area contributed by atoms with Gasteiger partial charge in [-0.05, 0) is 50.6 Å². The van der Waals surface area contributed by atoms with Crippen LogP contribution in [0.2, 0.25) is 0 Å². The van der Waals surface area contributed by atoms with Crippen molar-refractivity contribution in [3.8, 4) is 11.5 Å². The first-order chi connectivity index (χ1) is 16.8. The van der Waals surface area contributed by atoms with E-state index in [-0.39, 0.29) is 25.2 Å². The number of nitrogens with one attached hydrogen (secondary N) is 1. The molecule has 1 fully saturated rings.